The molecule has 1 heterocycles. The van der Waals surface area contributed by atoms with Gasteiger partial charge in [0.05, 0.1) is 6.04 Å². The minimum atomic E-state index is 0.325. The van der Waals surface area contributed by atoms with Crippen LogP contribution in [-0.2, 0) is 6.54 Å². The van der Waals surface area contributed by atoms with Crippen LogP contribution in [0.15, 0.2) is 29.6 Å². The van der Waals surface area contributed by atoms with E-state index in [4.69, 9.17) is 0 Å². The van der Waals surface area contributed by atoms with Crippen molar-refractivity contribution in [3.63, 3.8) is 0 Å². The fraction of sp³-hybridized carbons (Fsp3) is 0.438. The summed E-state index contributed by atoms with van der Waals surface area (Å²) in [6.45, 7) is 5.18. The van der Waals surface area contributed by atoms with Crippen LogP contribution in [0.3, 0.4) is 0 Å². The molecule has 0 saturated heterocycles. The maximum atomic E-state index is 4.55. The van der Waals surface area contributed by atoms with E-state index in [1.807, 2.05) is 0 Å². The summed E-state index contributed by atoms with van der Waals surface area (Å²) < 4.78 is 0. The predicted octanol–water partition coefficient (Wildman–Crippen LogP) is 4.18. The zero-order chi connectivity index (χ0) is 13.2. The highest BCUT2D eigenvalue weighted by Gasteiger charge is 2.25. The quantitative estimate of drug-likeness (QED) is 0.883. The van der Waals surface area contributed by atoms with Crippen molar-refractivity contribution >= 4 is 11.3 Å². The third kappa shape index (κ3) is 3.04. The number of thiazole rings is 1. The maximum Gasteiger partial charge on any atom is 0.110 e. The molecule has 1 N–H and O–H groups in total. The molecule has 2 aromatic rings. The molecule has 1 fully saturated rings. The summed E-state index contributed by atoms with van der Waals surface area (Å²) in [7, 11) is 0. The number of nitrogens with zero attached hydrogens (tertiary/aromatic N) is 1. The molecule has 2 nitrogen and oxygen atoms in total. The van der Waals surface area contributed by atoms with Crippen LogP contribution in [-0.4, -0.2) is 4.98 Å². The van der Waals surface area contributed by atoms with Gasteiger partial charge in [-0.25, -0.2) is 4.98 Å². The summed E-state index contributed by atoms with van der Waals surface area (Å²) in [5, 5.41) is 6.90. The van der Waals surface area contributed by atoms with Gasteiger partial charge in [-0.3, -0.25) is 0 Å². The summed E-state index contributed by atoms with van der Waals surface area (Å²) in [6.07, 6.45) is 2.72. The van der Waals surface area contributed by atoms with Gasteiger partial charge in [-0.15, -0.1) is 11.3 Å². The first-order chi connectivity index (χ1) is 9.24. The lowest BCUT2D eigenvalue weighted by molar-refractivity contribution is 0.569. The fourth-order valence-corrected chi connectivity index (χ4v) is 3.24. The third-order valence-corrected chi connectivity index (χ3v) is 4.82. The van der Waals surface area contributed by atoms with E-state index in [9.17, 15) is 0 Å². The van der Waals surface area contributed by atoms with Crippen molar-refractivity contribution in [1.82, 2.24) is 10.3 Å². The first-order valence-electron chi connectivity index (χ1n) is 6.97. The molecule has 19 heavy (non-hydrogen) atoms. The number of aryl methyl sites for hydroxylation is 1. The monoisotopic (exact) mass is 272 g/mol. The molecular formula is C16H20N2S. The lowest BCUT2D eigenvalue weighted by Crippen LogP contribution is -2.18. The Labute approximate surface area is 118 Å². The van der Waals surface area contributed by atoms with Gasteiger partial charge in [-0.05, 0) is 43.7 Å². The second-order valence-corrected chi connectivity index (χ2v) is 6.29. The van der Waals surface area contributed by atoms with E-state index >= 15 is 0 Å². The molecule has 1 aliphatic carbocycles. The average Bonchev–Trinajstić information content (AvgIpc) is 3.18. The minimum Gasteiger partial charge on any atom is -0.304 e. The number of rotatable bonds is 5. The Morgan fingerprint density at radius 1 is 1.37 bits per heavy atom. The van der Waals surface area contributed by atoms with Crippen molar-refractivity contribution in [2.24, 2.45) is 0 Å². The van der Waals surface area contributed by atoms with Gasteiger partial charge in [0.25, 0.3) is 0 Å². The van der Waals surface area contributed by atoms with Crippen LogP contribution in [0.25, 0.3) is 0 Å². The molecule has 0 radical (unpaired) electrons. The summed E-state index contributed by atoms with van der Waals surface area (Å²) in [6, 6.07) is 9.16. The topological polar surface area (TPSA) is 24.9 Å². The van der Waals surface area contributed by atoms with Gasteiger partial charge in [0.1, 0.15) is 5.01 Å². The molecule has 1 saturated carbocycles. The summed E-state index contributed by atoms with van der Waals surface area (Å²) in [5.41, 5.74) is 4.11. The highest BCUT2D eigenvalue weighted by Crippen LogP contribution is 2.41. The summed E-state index contributed by atoms with van der Waals surface area (Å²) in [5.74, 6) is 0.815. The largest absolute Gasteiger partial charge is 0.304 e. The molecule has 3 heteroatoms. The van der Waals surface area contributed by atoms with E-state index in [-0.39, 0.29) is 0 Å². The van der Waals surface area contributed by atoms with Crippen molar-refractivity contribution in [1.29, 1.82) is 0 Å². The van der Waals surface area contributed by atoms with Crippen molar-refractivity contribution in [2.75, 3.05) is 0 Å². The Hall–Kier alpha value is -1.19. The van der Waals surface area contributed by atoms with Gasteiger partial charge in [0.15, 0.2) is 0 Å². The van der Waals surface area contributed by atoms with Gasteiger partial charge in [0, 0.05) is 17.6 Å². The fourth-order valence-electron chi connectivity index (χ4n) is 2.41. The zero-order valence-electron chi connectivity index (χ0n) is 11.5. The molecule has 1 atom stereocenters. The minimum absolute atomic E-state index is 0.325. The average molecular weight is 272 g/mol. The molecule has 0 aliphatic heterocycles. The van der Waals surface area contributed by atoms with Crippen molar-refractivity contribution < 1.29 is 0 Å². The molecule has 0 spiro atoms. The van der Waals surface area contributed by atoms with Crippen LogP contribution in [0.5, 0.6) is 0 Å². The van der Waals surface area contributed by atoms with Crippen LogP contribution >= 0.6 is 11.3 Å². The first kappa shape index (κ1) is 12.8. The lowest BCUT2D eigenvalue weighted by Gasteiger charge is -2.14. The maximum absolute atomic E-state index is 4.55. The van der Waals surface area contributed by atoms with Gasteiger partial charge in [-0.2, -0.15) is 0 Å². The predicted molar refractivity (Wildman–Crippen MR) is 80.5 cm³/mol. The molecule has 1 aromatic carbocycles. The molecule has 1 unspecified atom stereocenters. The van der Waals surface area contributed by atoms with E-state index in [0.717, 1.165) is 18.2 Å². The van der Waals surface area contributed by atoms with Crippen molar-refractivity contribution in [3.05, 3.63) is 51.5 Å². The van der Waals surface area contributed by atoms with Crippen LogP contribution < -0.4 is 5.32 Å². The Morgan fingerprint density at radius 2 is 2.16 bits per heavy atom. The SMILES string of the molecule is Cc1csc(C(C)NCc2ccccc2C2CC2)n1. The molecule has 1 aromatic heterocycles. The Kier molecular flexibility index (Phi) is 3.67. The smallest absolute Gasteiger partial charge is 0.110 e. The standard InChI is InChI=1S/C16H20N2S/c1-11-10-19-16(18-11)12(2)17-9-14-5-3-4-6-15(14)13-7-8-13/h3-6,10,12-13,17H,7-9H2,1-2H3. The second kappa shape index (κ2) is 5.43. The Morgan fingerprint density at radius 3 is 2.84 bits per heavy atom. The summed E-state index contributed by atoms with van der Waals surface area (Å²) >= 11 is 1.74. The zero-order valence-corrected chi connectivity index (χ0v) is 12.3. The number of hydrogen-bond acceptors (Lipinski definition) is 3. The van der Waals surface area contributed by atoms with E-state index in [2.05, 4.69) is 53.8 Å². The summed E-state index contributed by atoms with van der Waals surface area (Å²) in [4.78, 5) is 4.55. The second-order valence-electron chi connectivity index (χ2n) is 5.40. The molecule has 0 bridgehead atoms. The Balaban J connectivity index is 1.66. The molecular weight excluding hydrogens is 252 g/mol. The number of nitrogens with one attached hydrogen (secondary N) is 1. The number of aromatic nitrogens is 1. The van der Waals surface area contributed by atoms with Crippen LogP contribution in [0.1, 0.15) is 53.6 Å². The number of hydrogen-bond donors (Lipinski definition) is 1. The van der Waals surface area contributed by atoms with Crippen molar-refractivity contribution in [3.8, 4) is 0 Å². The molecule has 3 rings (SSSR count). The van der Waals surface area contributed by atoms with Crippen LogP contribution in [0.4, 0.5) is 0 Å². The van der Waals surface area contributed by atoms with Crippen LogP contribution in [0, 0.1) is 6.92 Å². The van der Waals surface area contributed by atoms with Gasteiger partial charge < -0.3 is 5.32 Å². The highest BCUT2D eigenvalue weighted by atomic mass is 32.1. The Bertz CT molecular complexity index is 557. The van der Waals surface area contributed by atoms with Gasteiger partial charge >= 0.3 is 0 Å². The molecule has 0 amide bonds. The third-order valence-electron chi connectivity index (χ3n) is 3.68. The van der Waals surface area contributed by atoms with Gasteiger partial charge in [0.2, 0.25) is 0 Å². The van der Waals surface area contributed by atoms with E-state index < -0.39 is 0 Å². The number of benzene rings is 1. The van der Waals surface area contributed by atoms with Crippen LogP contribution in [0.2, 0.25) is 0 Å². The van der Waals surface area contributed by atoms with Crippen molar-refractivity contribution in [2.45, 2.75) is 45.2 Å². The first-order valence-corrected chi connectivity index (χ1v) is 7.85. The van der Waals surface area contributed by atoms with E-state index in [0.29, 0.717) is 6.04 Å². The normalized spacial score (nSPS) is 16.5. The molecule has 100 valence electrons. The molecule has 1 aliphatic rings. The van der Waals surface area contributed by atoms with E-state index in [1.54, 1.807) is 11.3 Å². The van der Waals surface area contributed by atoms with E-state index in [1.165, 1.54) is 29.0 Å². The van der Waals surface area contributed by atoms with Gasteiger partial charge in [-0.1, -0.05) is 24.3 Å². The highest BCUT2D eigenvalue weighted by molar-refractivity contribution is 7.09. The lowest BCUT2D eigenvalue weighted by atomic mass is 10.0.